The van der Waals surface area contributed by atoms with Crippen molar-refractivity contribution in [3.8, 4) is 0 Å². The van der Waals surface area contributed by atoms with Crippen LogP contribution >= 0.6 is 10.8 Å². The smallest absolute Gasteiger partial charge is 0.126 e. The van der Waals surface area contributed by atoms with Gasteiger partial charge >= 0.3 is 0 Å². The lowest BCUT2D eigenvalue weighted by Crippen LogP contribution is -1.87. The molecule has 0 aliphatic rings. The average Bonchev–Trinajstić information content (AvgIpc) is 1.85. The lowest BCUT2D eigenvalue weighted by atomic mass is 10.8. The summed E-state index contributed by atoms with van der Waals surface area (Å²) >= 11 is 0. The van der Waals surface area contributed by atoms with Crippen LogP contribution in [0.2, 0.25) is 0 Å². The second-order valence-corrected chi connectivity index (χ2v) is 4.36. The lowest BCUT2D eigenvalue weighted by Gasteiger charge is -1.97. The highest BCUT2D eigenvalue weighted by Crippen LogP contribution is 2.13. The molecule has 0 aromatic carbocycles. The van der Waals surface area contributed by atoms with Gasteiger partial charge in [-0.25, -0.2) is 0 Å². The zero-order chi connectivity index (χ0) is 7.11. The first-order chi connectivity index (χ1) is 4.31. The Bertz CT molecular complexity index is 101. The summed E-state index contributed by atoms with van der Waals surface area (Å²) in [6, 6.07) is 0. The molecule has 1 nitrogen and oxygen atoms in total. The molecule has 0 saturated heterocycles. The molecule has 0 aliphatic heterocycles. The standard InChI is InChI=1S/C6H10OS2/c1-3-5-8-9(7)6-4-2/h3-4,6H,1,5H2,2H3/b6-4+. The first-order valence-corrected chi connectivity index (χ1v) is 5.30. The van der Waals surface area contributed by atoms with Gasteiger partial charge in [0.2, 0.25) is 0 Å². The molecule has 0 aromatic rings. The van der Waals surface area contributed by atoms with Gasteiger partial charge in [-0.3, -0.25) is 0 Å². The Kier molecular flexibility index (Phi) is 6.36. The van der Waals surface area contributed by atoms with Crippen LogP contribution < -0.4 is 0 Å². The SMILES string of the molecule is C=CCS[S+]([O-])/C=C/C. The Morgan fingerprint density at radius 1 is 1.78 bits per heavy atom. The van der Waals surface area contributed by atoms with Gasteiger partial charge in [-0.2, -0.15) is 0 Å². The van der Waals surface area contributed by atoms with E-state index in [1.54, 1.807) is 17.6 Å². The van der Waals surface area contributed by atoms with Crippen molar-refractivity contribution >= 4 is 21.0 Å². The zero-order valence-electron chi connectivity index (χ0n) is 5.37. The largest absolute Gasteiger partial charge is 0.601 e. The highest BCUT2D eigenvalue weighted by Gasteiger charge is 1.98. The van der Waals surface area contributed by atoms with Gasteiger partial charge in [-0.1, -0.05) is 6.08 Å². The highest BCUT2D eigenvalue weighted by atomic mass is 33.1. The van der Waals surface area contributed by atoms with E-state index in [9.17, 15) is 4.55 Å². The molecule has 0 spiro atoms. The van der Waals surface area contributed by atoms with Gasteiger partial charge < -0.3 is 4.55 Å². The molecule has 0 aromatic heterocycles. The van der Waals surface area contributed by atoms with Crippen molar-refractivity contribution in [2.24, 2.45) is 0 Å². The number of allylic oxidation sites excluding steroid dienone is 1. The molecule has 0 aliphatic carbocycles. The fourth-order valence-electron chi connectivity index (χ4n) is 0.266. The van der Waals surface area contributed by atoms with E-state index < -0.39 is 10.2 Å². The second kappa shape index (κ2) is 6.26. The first-order valence-electron chi connectivity index (χ1n) is 2.58. The molecule has 0 heterocycles. The summed E-state index contributed by atoms with van der Waals surface area (Å²) in [5.41, 5.74) is 0. The fraction of sp³-hybridized carbons (Fsp3) is 0.333. The monoisotopic (exact) mass is 162 g/mol. The molecule has 0 saturated carbocycles. The Labute approximate surface area is 62.8 Å². The molecule has 3 heteroatoms. The number of hydrogen-bond acceptors (Lipinski definition) is 2. The van der Waals surface area contributed by atoms with Crippen LogP contribution in [0.15, 0.2) is 24.1 Å². The van der Waals surface area contributed by atoms with Crippen molar-refractivity contribution in [2.75, 3.05) is 5.75 Å². The van der Waals surface area contributed by atoms with Crippen LogP contribution in [0.3, 0.4) is 0 Å². The summed E-state index contributed by atoms with van der Waals surface area (Å²) in [5, 5.41) is 1.66. The van der Waals surface area contributed by atoms with E-state index in [1.807, 2.05) is 6.92 Å². The van der Waals surface area contributed by atoms with E-state index in [1.165, 1.54) is 10.8 Å². The van der Waals surface area contributed by atoms with Gasteiger partial charge in [-0.15, -0.1) is 6.58 Å². The summed E-state index contributed by atoms with van der Waals surface area (Å²) in [6.07, 6.45) is 3.53. The van der Waals surface area contributed by atoms with Gasteiger partial charge in [0.05, 0.1) is 26.8 Å². The van der Waals surface area contributed by atoms with Crippen LogP contribution in [0.1, 0.15) is 6.92 Å². The Hall–Kier alpha value is 0.140. The Morgan fingerprint density at radius 2 is 2.44 bits per heavy atom. The summed E-state index contributed by atoms with van der Waals surface area (Å²) in [4.78, 5) is 0. The maximum absolute atomic E-state index is 10.7. The minimum absolute atomic E-state index is 0.747. The van der Waals surface area contributed by atoms with Crippen LogP contribution in [0.4, 0.5) is 0 Å². The molecule has 1 unspecified atom stereocenters. The van der Waals surface area contributed by atoms with E-state index in [2.05, 4.69) is 6.58 Å². The molecule has 0 bridgehead atoms. The van der Waals surface area contributed by atoms with Crippen LogP contribution in [0.25, 0.3) is 0 Å². The van der Waals surface area contributed by atoms with Crippen LogP contribution in [0.5, 0.6) is 0 Å². The van der Waals surface area contributed by atoms with E-state index in [0.717, 1.165) is 5.75 Å². The van der Waals surface area contributed by atoms with Crippen molar-refractivity contribution in [3.63, 3.8) is 0 Å². The van der Waals surface area contributed by atoms with Gasteiger partial charge in [0.15, 0.2) is 0 Å². The third-order valence-electron chi connectivity index (χ3n) is 0.549. The normalized spacial score (nSPS) is 14.0. The Balaban J connectivity index is 3.25. The highest BCUT2D eigenvalue weighted by molar-refractivity contribution is 8.73. The molecular formula is C6H10OS2. The van der Waals surface area contributed by atoms with Gasteiger partial charge in [0.1, 0.15) is 5.41 Å². The van der Waals surface area contributed by atoms with Crippen molar-refractivity contribution in [3.05, 3.63) is 24.1 Å². The lowest BCUT2D eigenvalue weighted by molar-refractivity contribution is 0.617. The molecule has 0 amide bonds. The molecule has 1 atom stereocenters. The second-order valence-electron chi connectivity index (χ2n) is 1.30. The maximum atomic E-state index is 10.7. The molecule has 9 heavy (non-hydrogen) atoms. The van der Waals surface area contributed by atoms with Crippen molar-refractivity contribution in [1.82, 2.24) is 0 Å². The van der Waals surface area contributed by atoms with Crippen molar-refractivity contribution in [1.29, 1.82) is 0 Å². The molecule has 52 valence electrons. The predicted molar refractivity (Wildman–Crippen MR) is 45.6 cm³/mol. The summed E-state index contributed by atoms with van der Waals surface area (Å²) in [5.74, 6) is 0.747. The fourth-order valence-corrected chi connectivity index (χ4v) is 2.06. The minimum Gasteiger partial charge on any atom is -0.601 e. The van der Waals surface area contributed by atoms with Gasteiger partial charge in [-0.05, 0) is 13.0 Å². The minimum atomic E-state index is -0.855. The number of rotatable bonds is 4. The Morgan fingerprint density at radius 3 is 2.89 bits per heavy atom. The predicted octanol–water partition coefficient (Wildman–Crippen LogP) is 2.10. The summed E-state index contributed by atoms with van der Waals surface area (Å²) < 4.78 is 10.7. The van der Waals surface area contributed by atoms with E-state index in [4.69, 9.17) is 0 Å². The van der Waals surface area contributed by atoms with Gasteiger partial charge in [0, 0.05) is 0 Å². The summed E-state index contributed by atoms with van der Waals surface area (Å²) in [7, 11) is 0.513. The van der Waals surface area contributed by atoms with E-state index >= 15 is 0 Å². The quantitative estimate of drug-likeness (QED) is 0.359. The third kappa shape index (κ3) is 6.02. The number of hydrogen-bond donors (Lipinski definition) is 0. The summed E-state index contributed by atoms with van der Waals surface area (Å²) in [6.45, 7) is 5.37. The van der Waals surface area contributed by atoms with Crippen LogP contribution in [-0.4, -0.2) is 10.3 Å². The van der Waals surface area contributed by atoms with Gasteiger partial charge in [0.25, 0.3) is 0 Å². The topological polar surface area (TPSA) is 23.1 Å². The molecule has 0 N–H and O–H groups in total. The molecular weight excluding hydrogens is 152 g/mol. The van der Waals surface area contributed by atoms with E-state index in [-0.39, 0.29) is 0 Å². The van der Waals surface area contributed by atoms with Crippen LogP contribution in [0, 0.1) is 0 Å². The molecule has 0 rings (SSSR count). The maximum Gasteiger partial charge on any atom is 0.126 e. The third-order valence-corrected chi connectivity index (χ3v) is 3.09. The first kappa shape index (κ1) is 9.14. The average molecular weight is 162 g/mol. The van der Waals surface area contributed by atoms with Crippen LogP contribution in [-0.2, 0) is 10.2 Å². The van der Waals surface area contributed by atoms with E-state index in [0.29, 0.717) is 0 Å². The molecule has 0 fully saturated rings. The van der Waals surface area contributed by atoms with Crippen molar-refractivity contribution in [2.45, 2.75) is 6.92 Å². The molecule has 0 radical (unpaired) electrons. The van der Waals surface area contributed by atoms with Crippen molar-refractivity contribution < 1.29 is 4.55 Å². The zero-order valence-corrected chi connectivity index (χ0v) is 7.00.